The standard InChI is InChI=1S/C35H34N10O3/c1-23(39-34(46)30-31(36)41-44-16-7-15-37-33(30)44)32-40-27-11-6-8-24(29(27)35(47)45(32)26-9-4-3-5-10-26)12-13-25-22-38-42(2)28(25)14-17-43-18-20-48-21-19-43/h3-11,15-16,22-23H,14,17-21H2,1-2H3,(H2,36,41)(H,39,46)/t23-/m1/s1. The van der Waals surface area contributed by atoms with E-state index in [-0.39, 0.29) is 16.9 Å². The summed E-state index contributed by atoms with van der Waals surface area (Å²) in [6.07, 6.45) is 5.79. The number of aromatic nitrogens is 7. The van der Waals surface area contributed by atoms with Crippen molar-refractivity contribution >= 4 is 28.3 Å². The lowest BCUT2D eigenvalue weighted by Gasteiger charge is -2.26. The number of nitrogens with two attached hydrogens (primary N) is 1. The van der Waals surface area contributed by atoms with Crippen molar-refractivity contribution in [3.8, 4) is 17.5 Å². The molecule has 242 valence electrons. The van der Waals surface area contributed by atoms with Crippen LogP contribution in [0.15, 0.2) is 78.0 Å². The first-order chi connectivity index (χ1) is 23.4. The number of nitrogen functional groups attached to an aromatic ring is 1. The number of benzene rings is 2. The van der Waals surface area contributed by atoms with E-state index in [1.807, 2.05) is 54.2 Å². The Morgan fingerprint density at radius 1 is 1.06 bits per heavy atom. The van der Waals surface area contributed by atoms with Gasteiger partial charge in [0.05, 0.1) is 53.3 Å². The molecule has 0 spiro atoms. The number of rotatable bonds is 7. The molecule has 1 atom stereocenters. The SMILES string of the molecule is C[C@@H](NC(=O)c1c(N)nn2cccnc12)c1nc2cccc(C#Cc3cnn(C)c3CCN3CCOCC3)c2c(=O)n1-c1ccccc1. The Hall–Kier alpha value is -5.84. The molecule has 0 saturated carbocycles. The molecule has 1 fully saturated rings. The predicted octanol–water partition coefficient (Wildman–Crippen LogP) is 2.51. The van der Waals surface area contributed by atoms with Gasteiger partial charge < -0.3 is 15.8 Å². The van der Waals surface area contributed by atoms with Crippen LogP contribution >= 0.6 is 0 Å². The van der Waals surface area contributed by atoms with Crippen LogP contribution in [0.4, 0.5) is 5.82 Å². The van der Waals surface area contributed by atoms with Crippen LogP contribution in [0.2, 0.25) is 0 Å². The number of nitrogens with one attached hydrogen (secondary N) is 1. The van der Waals surface area contributed by atoms with E-state index in [4.69, 9.17) is 15.5 Å². The molecule has 4 aromatic heterocycles. The smallest absolute Gasteiger partial charge is 0.267 e. The minimum absolute atomic E-state index is 0.0476. The van der Waals surface area contributed by atoms with Crippen molar-refractivity contribution in [2.24, 2.45) is 7.05 Å². The van der Waals surface area contributed by atoms with Gasteiger partial charge >= 0.3 is 0 Å². The van der Waals surface area contributed by atoms with Gasteiger partial charge in [0.15, 0.2) is 11.5 Å². The summed E-state index contributed by atoms with van der Waals surface area (Å²) in [6.45, 7) is 5.96. The van der Waals surface area contributed by atoms with E-state index in [1.54, 1.807) is 37.6 Å². The van der Waals surface area contributed by atoms with Crippen LogP contribution in [0.5, 0.6) is 0 Å². The molecule has 13 nitrogen and oxygen atoms in total. The third kappa shape index (κ3) is 5.90. The monoisotopic (exact) mass is 642 g/mol. The van der Waals surface area contributed by atoms with Crippen molar-refractivity contribution in [3.63, 3.8) is 0 Å². The highest BCUT2D eigenvalue weighted by atomic mass is 16.5. The second-order valence-corrected chi connectivity index (χ2v) is 11.6. The van der Waals surface area contributed by atoms with Crippen LogP contribution < -0.4 is 16.6 Å². The fourth-order valence-corrected chi connectivity index (χ4v) is 6.01. The summed E-state index contributed by atoms with van der Waals surface area (Å²) in [6, 6.07) is 15.6. The molecule has 6 aromatic rings. The summed E-state index contributed by atoms with van der Waals surface area (Å²) in [5.41, 5.74) is 9.74. The highest BCUT2D eigenvalue weighted by Crippen LogP contribution is 2.22. The minimum Gasteiger partial charge on any atom is -0.381 e. The molecule has 1 aliphatic rings. The summed E-state index contributed by atoms with van der Waals surface area (Å²) in [5, 5.41) is 12.0. The number of nitrogens with zero attached hydrogens (tertiary/aromatic N) is 8. The molecule has 0 bridgehead atoms. The summed E-state index contributed by atoms with van der Waals surface area (Å²) < 4.78 is 10.3. The van der Waals surface area contributed by atoms with E-state index in [2.05, 4.69) is 37.2 Å². The quantitative estimate of drug-likeness (QED) is 0.251. The first-order valence-corrected chi connectivity index (χ1v) is 15.7. The average Bonchev–Trinajstić information content (AvgIpc) is 3.64. The van der Waals surface area contributed by atoms with Crippen LogP contribution in [0, 0.1) is 11.8 Å². The molecule has 1 amide bonds. The number of ether oxygens (including phenoxy) is 1. The topological polar surface area (TPSA) is 150 Å². The van der Waals surface area contributed by atoms with E-state index in [0.717, 1.165) is 50.5 Å². The maximum absolute atomic E-state index is 14.4. The summed E-state index contributed by atoms with van der Waals surface area (Å²) in [7, 11) is 1.92. The molecule has 13 heteroatoms. The van der Waals surface area contributed by atoms with Crippen molar-refractivity contribution in [1.29, 1.82) is 0 Å². The zero-order valence-electron chi connectivity index (χ0n) is 26.6. The lowest BCUT2D eigenvalue weighted by molar-refractivity contribution is 0.0382. The van der Waals surface area contributed by atoms with Crippen LogP contribution in [-0.2, 0) is 18.2 Å². The van der Waals surface area contributed by atoms with Gasteiger partial charge in [0.1, 0.15) is 11.4 Å². The molecular weight excluding hydrogens is 608 g/mol. The van der Waals surface area contributed by atoms with Gasteiger partial charge in [-0.3, -0.25) is 23.7 Å². The molecule has 1 aliphatic heterocycles. The zero-order chi connectivity index (χ0) is 33.2. The van der Waals surface area contributed by atoms with E-state index < -0.39 is 11.9 Å². The molecule has 1 saturated heterocycles. The third-order valence-corrected chi connectivity index (χ3v) is 8.48. The van der Waals surface area contributed by atoms with Gasteiger partial charge in [0, 0.05) is 51.1 Å². The van der Waals surface area contributed by atoms with Crippen molar-refractivity contribution < 1.29 is 9.53 Å². The summed E-state index contributed by atoms with van der Waals surface area (Å²) in [4.78, 5) is 39.6. The number of fused-ring (bicyclic) bond motifs is 2. The van der Waals surface area contributed by atoms with Gasteiger partial charge in [-0.05, 0) is 37.3 Å². The van der Waals surface area contributed by atoms with E-state index in [1.165, 1.54) is 9.08 Å². The second kappa shape index (κ2) is 13.1. The molecule has 0 radical (unpaired) electrons. The van der Waals surface area contributed by atoms with E-state index in [9.17, 15) is 9.59 Å². The van der Waals surface area contributed by atoms with E-state index in [0.29, 0.717) is 33.6 Å². The summed E-state index contributed by atoms with van der Waals surface area (Å²) in [5.74, 6) is 6.44. The van der Waals surface area contributed by atoms with Crippen molar-refractivity contribution in [3.05, 3.63) is 112 Å². The van der Waals surface area contributed by atoms with E-state index >= 15 is 0 Å². The Morgan fingerprint density at radius 2 is 1.85 bits per heavy atom. The highest BCUT2D eigenvalue weighted by Gasteiger charge is 2.25. The first kappa shape index (κ1) is 30.8. The molecular formula is C35H34N10O3. The normalized spacial score (nSPS) is 14.1. The third-order valence-electron chi connectivity index (χ3n) is 8.48. The zero-order valence-corrected chi connectivity index (χ0v) is 26.6. The number of carbonyl (C=O) groups excluding carboxylic acids is 1. The molecule has 2 aromatic carbocycles. The predicted molar refractivity (Wildman–Crippen MR) is 181 cm³/mol. The van der Waals surface area contributed by atoms with Crippen LogP contribution in [-0.4, -0.2) is 77.6 Å². The minimum atomic E-state index is -0.702. The second-order valence-electron chi connectivity index (χ2n) is 11.6. The Labute approximate surface area is 276 Å². The Balaban J connectivity index is 1.26. The number of hydrogen-bond acceptors (Lipinski definition) is 9. The number of anilines is 1. The number of para-hydroxylation sites is 1. The largest absolute Gasteiger partial charge is 0.381 e. The van der Waals surface area contributed by atoms with Gasteiger partial charge in [-0.2, -0.15) is 5.10 Å². The lowest BCUT2D eigenvalue weighted by Crippen LogP contribution is -2.37. The molecule has 5 heterocycles. The van der Waals surface area contributed by atoms with Gasteiger partial charge in [-0.15, -0.1) is 5.10 Å². The number of carbonyl (C=O) groups is 1. The fourth-order valence-electron chi connectivity index (χ4n) is 6.01. The molecule has 7 rings (SSSR count). The number of morpholine rings is 1. The fraction of sp³-hybridized carbons (Fsp3) is 0.257. The highest BCUT2D eigenvalue weighted by molar-refractivity contribution is 6.04. The summed E-state index contributed by atoms with van der Waals surface area (Å²) >= 11 is 0. The Morgan fingerprint density at radius 3 is 2.67 bits per heavy atom. The van der Waals surface area contributed by atoms with Crippen molar-refractivity contribution in [1.82, 2.24) is 44.1 Å². The van der Waals surface area contributed by atoms with Gasteiger partial charge in [0.25, 0.3) is 11.5 Å². The maximum atomic E-state index is 14.4. The Kier molecular flexibility index (Phi) is 8.41. The van der Waals surface area contributed by atoms with Gasteiger partial charge in [0.2, 0.25) is 0 Å². The van der Waals surface area contributed by atoms with Crippen LogP contribution in [0.3, 0.4) is 0 Å². The number of amides is 1. The number of aryl methyl sites for hydroxylation is 1. The molecule has 48 heavy (non-hydrogen) atoms. The Bertz CT molecular complexity index is 2260. The maximum Gasteiger partial charge on any atom is 0.267 e. The molecule has 3 N–H and O–H groups in total. The van der Waals surface area contributed by atoms with Crippen molar-refractivity contribution in [2.45, 2.75) is 19.4 Å². The van der Waals surface area contributed by atoms with Gasteiger partial charge in [-0.1, -0.05) is 36.1 Å². The van der Waals surface area contributed by atoms with Gasteiger partial charge in [-0.25, -0.2) is 14.5 Å². The van der Waals surface area contributed by atoms with Crippen LogP contribution in [0.25, 0.3) is 22.2 Å². The molecule has 0 unspecified atom stereocenters. The lowest BCUT2D eigenvalue weighted by atomic mass is 10.1. The van der Waals surface area contributed by atoms with Crippen molar-refractivity contribution in [2.75, 3.05) is 38.6 Å². The van der Waals surface area contributed by atoms with Crippen LogP contribution in [0.1, 0.15) is 46.0 Å². The molecule has 0 aliphatic carbocycles. The average molecular weight is 643 g/mol. The first-order valence-electron chi connectivity index (χ1n) is 15.7. The number of hydrogen-bond donors (Lipinski definition) is 2.